The standard InChI is InChI=1S/C13H14F3N3O2/c1-12(2,11-18-10(7-20-3)19-21-11)9-6-8(4-5-17-9)13(14,15)16/h4-6H,7H2,1-3H3. The van der Waals surface area contributed by atoms with E-state index in [9.17, 15) is 13.2 Å². The summed E-state index contributed by atoms with van der Waals surface area (Å²) in [5.41, 5.74) is -1.51. The zero-order chi connectivity index (χ0) is 15.7. The Hall–Kier alpha value is -1.96. The molecule has 5 nitrogen and oxygen atoms in total. The molecule has 0 aliphatic carbocycles. The van der Waals surface area contributed by atoms with E-state index in [4.69, 9.17) is 9.26 Å². The van der Waals surface area contributed by atoms with Gasteiger partial charge in [0.2, 0.25) is 5.89 Å². The highest BCUT2D eigenvalue weighted by molar-refractivity contribution is 5.28. The van der Waals surface area contributed by atoms with Crippen LogP contribution in [0, 0.1) is 0 Å². The molecule has 0 amide bonds. The monoisotopic (exact) mass is 301 g/mol. The van der Waals surface area contributed by atoms with Crippen molar-refractivity contribution in [2.24, 2.45) is 0 Å². The molecular weight excluding hydrogens is 287 g/mol. The molecule has 0 atom stereocenters. The molecule has 21 heavy (non-hydrogen) atoms. The van der Waals surface area contributed by atoms with E-state index >= 15 is 0 Å². The van der Waals surface area contributed by atoms with E-state index in [0.717, 1.165) is 18.3 Å². The van der Waals surface area contributed by atoms with Gasteiger partial charge >= 0.3 is 6.18 Å². The van der Waals surface area contributed by atoms with Crippen LogP contribution in [0.5, 0.6) is 0 Å². The SMILES string of the molecule is COCc1noc(C(C)(C)c2cc(C(F)(F)F)ccn2)n1. The van der Waals surface area contributed by atoms with Gasteiger partial charge in [-0.1, -0.05) is 5.16 Å². The van der Waals surface area contributed by atoms with E-state index in [1.165, 1.54) is 7.11 Å². The molecule has 0 aliphatic heterocycles. The van der Waals surface area contributed by atoms with Gasteiger partial charge in [0.15, 0.2) is 5.82 Å². The normalized spacial score (nSPS) is 12.7. The van der Waals surface area contributed by atoms with Gasteiger partial charge in [0.05, 0.1) is 16.7 Å². The number of pyridine rings is 1. The van der Waals surface area contributed by atoms with E-state index in [2.05, 4.69) is 15.1 Å². The van der Waals surface area contributed by atoms with Crippen molar-refractivity contribution in [2.75, 3.05) is 7.11 Å². The Morgan fingerprint density at radius 3 is 2.62 bits per heavy atom. The Morgan fingerprint density at radius 2 is 2.00 bits per heavy atom. The van der Waals surface area contributed by atoms with Gasteiger partial charge in [-0.2, -0.15) is 18.2 Å². The highest BCUT2D eigenvalue weighted by Crippen LogP contribution is 2.34. The number of hydrogen-bond donors (Lipinski definition) is 0. The third kappa shape index (κ3) is 3.21. The van der Waals surface area contributed by atoms with E-state index in [1.54, 1.807) is 13.8 Å². The molecule has 0 aromatic carbocycles. The number of hydrogen-bond acceptors (Lipinski definition) is 5. The maximum absolute atomic E-state index is 12.8. The van der Waals surface area contributed by atoms with E-state index in [-0.39, 0.29) is 18.2 Å². The summed E-state index contributed by atoms with van der Waals surface area (Å²) >= 11 is 0. The van der Waals surface area contributed by atoms with Crippen molar-refractivity contribution in [2.45, 2.75) is 32.0 Å². The largest absolute Gasteiger partial charge is 0.416 e. The van der Waals surface area contributed by atoms with Gasteiger partial charge in [0, 0.05) is 13.3 Å². The molecule has 0 saturated heterocycles. The highest BCUT2D eigenvalue weighted by atomic mass is 19.4. The number of aromatic nitrogens is 3. The first kappa shape index (κ1) is 15.4. The number of halogens is 3. The summed E-state index contributed by atoms with van der Waals surface area (Å²) in [5, 5.41) is 3.71. The van der Waals surface area contributed by atoms with Crippen molar-refractivity contribution in [3.05, 3.63) is 41.3 Å². The number of methoxy groups -OCH3 is 1. The van der Waals surface area contributed by atoms with Crippen molar-refractivity contribution >= 4 is 0 Å². The Kier molecular flexibility index (Phi) is 3.99. The first-order valence-electron chi connectivity index (χ1n) is 6.11. The minimum absolute atomic E-state index is 0.162. The van der Waals surface area contributed by atoms with Crippen LogP contribution in [0.25, 0.3) is 0 Å². The fourth-order valence-corrected chi connectivity index (χ4v) is 1.75. The molecule has 0 radical (unpaired) electrons. The summed E-state index contributed by atoms with van der Waals surface area (Å²) < 4.78 is 48.3. The molecule has 8 heteroatoms. The number of ether oxygens (including phenoxy) is 1. The Balaban J connectivity index is 2.38. The fourth-order valence-electron chi connectivity index (χ4n) is 1.75. The van der Waals surface area contributed by atoms with Crippen molar-refractivity contribution < 1.29 is 22.4 Å². The predicted octanol–water partition coefficient (Wildman–Crippen LogP) is 2.96. The first-order chi connectivity index (χ1) is 9.75. The van der Waals surface area contributed by atoms with Gasteiger partial charge in [-0.05, 0) is 26.0 Å². The number of alkyl halides is 3. The highest BCUT2D eigenvalue weighted by Gasteiger charge is 2.35. The smallest absolute Gasteiger partial charge is 0.377 e. The summed E-state index contributed by atoms with van der Waals surface area (Å²) in [6.45, 7) is 3.49. The molecule has 2 heterocycles. The lowest BCUT2D eigenvalue weighted by atomic mass is 9.88. The van der Waals surface area contributed by atoms with Crippen molar-refractivity contribution in [3.8, 4) is 0 Å². The Bertz CT molecular complexity index is 623. The average Bonchev–Trinajstić information content (AvgIpc) is 2.88. The van der Waals surface area contributed by atoms with E-state index in [1.807, 2.05) is 0 Å². The number of nitrogens with zero attached hydrogens (tertiary/aromatic N) is 3. The van der Waals surface area contributed by atoms with Gasteiger partial charge in [-0.25, -0.2) is 0 Å². The van der Waals surface area contributed by atoms with Crippen molar-refractivity contribution in [1.82, 2.24) is 15.1 Å². The van der Waals surface area contributed by atoms with Gasteiger partial charge in [0.1, 0.15) is 6.61 Å². The van der Waals surface area contributed by atoms with Crippen molar-refractivity contribution in [3.63, 3.8) is 0 Å². The van der Waals surface area contributed by atoms with Crippen LogP contribution in [0.1, 0.15) is 36.8 Å². The van der Waals surface area contributed by atoms with Gasteiger partial charge in [-0.15, -0.1) is 0 Å². The molecule has 2 rings (SSSR count). The lowest BCUT2D eigenvalue weighted by Crippen LogP contribution is -2.22. The second-order valence-electron chi connectivity index (χ2n) is 5.00. The van der Waals surface area contributed by atoms with Crippen LogP contribution in [0.4, 0.5) is 13.2 Å². The third-order valence-corrected chi connectivity index (χ3v) is 3.00. The zero-order valence-electron chi connectivity index (χ0n) is 11.7. The van der Waals surface area contributed by atoms with Crippen LogP contribution >= 0.6 is 0 Å². The second-order valence-corrected chi connectivity index (χ2v) is 5.00. The van der Waals surface area contributed by atoms with Crippen LogP contribution in [0.2, 0.25) is 0 Å². The maximum atomic E-state index is 12.8. The minimum atomic E-state index is -4.43. The Morgan fingerprint density at radius 1 is 1.29 bits per heavy atom. The molecule has 114 valence electrons. The Labute approximate surface area is 119 Å². The van der Waals surface area contributed by atoms with Crippen LogP contribution < -0.4 is 0 Å². The van der Waals surface area contributed by atoms with Crippen LogP contribution in [-0.2, 0) is 22.9 Å². The third-order valence-electron chi connectivity index (χ3n) is 3.00. The van der Waals surface area contributed by atoms with Gasteiger partial charge < -0.3 is 9.26 Å². The van der Waals surface area contributed by atoms with Crippen LogP contribution in [-0.4, -0.2) is 22.2 Å². The average molecular weight is 301 g/mol. The minimum Gasteiger partial charge on any atom is -0.377 e. The predicted molar refractivity (Wildman–Crippen MR) is 66.4 cm³/mol. The molecular formula is C13H14F3N3O2. The molecule has 0 saturated carbocycles. The molecule has 2 aromatic rings. The van der Waals surface area contributed by atoms with E-state index < -0.39 is 17.2 Å². The quantitative estimate of drug-likeness (QED) is 0.869. The molecule has 0 N–H and O–H groups in total. The summed E-state index contributed by atoms with van der Waals surface area (Å²) in [6.07, 6.45) is -3.31. The molecule has 0 spiro atoms. The van der Waals surface area contributed by atoms with Gasteiger partial charge in [0.25, 0.3) is 0 Å². The van der Waals surface area contributed by atoms with Crippen LogP contribution in [0.15, 0.2) is 22.9 Å². The maximum Gasteiger partial charge on any atom is 0.416 e. The lowest BCUT2D eigenvalue weighted by molar-refractivity contribution is -0.137. The summed E-state index contributed by atoms with van der Waals surface area (Å²) in [6, 6.07) is 1.91. The number of rotatable bonds is 4. The second kappa shape index (κ2) is 5.44. The van der Waals surface area contributed by atoms with E-state index in [0.29, 0.717) is 5.82 Å². The first-order valence-corrected chi connectivity index (χ1v) is 6.11. The summed E-state index contributed by atoms with van der Waals surface area (Å²) in [7, 11) is 1.48. The molecule has 0 unspecified atom stereocenters. The zero-order valence-corrected chi connectivity index (χ0v) is 11.7. The molecule has 2 aromatic heterocycles. The molecule has 0 aliphatic rings. The molecule has 0 fully saturated rings. The fraction of sp³-hybridized carbons (Fsp3) is 0.462. The summed E-state index contributed by atoms with van der Waals surface area (Å²) in [5.74, 6) is 0.508. The van der Waals surface area contributed by atoms with Crippen LogP contribution in [0.3, 0.4) is 0 Å². The van der Waals surface area contributed by atoms with Crippen molar-refractivity contribution in [1.29, 1.82) is 0 Å². The summed E-state index contributed by atoms with van der Waals surface area (Å²) in [4.78, 5) is 8.11. The van der Waals surface area contributed by atoms with Gasteiger partial charge in [-0.3, -0.25) is 4.98 Å². The topological polar surface area (TPSA) is 61.0 Å². The molecule has 0 bridgehead atoms. The lowest BCUT2D eigenvalue weighted by Gasteiger charge is -2.20.